The average molecular weight is 436 g/mol. The summed E-state index contributed by atoms with van der Waals surface area (Å²) in [6.07, 6.45) is 4.09. The summed E-state index contributed by atoms with van der Waals surface area (Å²) in [7, 11) is 0. The first-order valence-electron chi connectivity index (χ1n) is 10.9. The number of unbranched alkanes of at least 4 members (excludes halogenated alkanes) is 1. The Balaban J connectivity index is 1.33. The molecule has 2 aliphatic heterocycles. The van der Waals surface area contributed by atoms with Crippen molar-refractivity contribution in [3.8, 4) is 5.75 Å². The molecule has 1 amide bonds. The van der Waals surface area contributed by atoms with Crippen molar-refractivity contribution in [3.05, 3.63) is 64.6 Å². The van der Waals surface area contributed by atoms with Gasteiger partial charge in [-0.3, -0.25) is 4.79 Å². The van der Waals surface area contributed by atoms with Crippen molar-refractivity contribution in [1.29, 1.82) is 0 Å². The summed E-state index contributed by atoms with van der Waals surface area (Å²) in [5.41, 5.74) is 3.51. The van der Waals surface area contributed by atoms with Crippen LogP contribution in [0.25, 0.3) is 6.08 Å². The molecule has 0 atom stereocenters. The normalized spacial score (nSPS) is 17.9. The Morgan fingerprint density at radius 3 is 2.35 bits per heavy atom. The fourth-order valence-corrected chi connectivity index (χ4v) is 4.56. The monoisotopic (exact) mass is 435 g/mol. The van der Waals surface area contributed by atoms with E-state index in [0.29, 0.717) is 4.91 Å². The van der Waals surface area contributed by atoms with E-state index in [4.69, 9.17) is 4.74 Å². The van der Waals surface area contributed by atoms with Gasteiger partial charge in [-0.15, -0.1) is 0 Å². The van der Waals surface area contributed by atoms with Crippen molar-refractivity contribution >= 4 is 34.6 Å². The molecule has 0 saturated carbocycles. The molecule has 0 aliphatic carbocycles. The summed E-state index contributed by atoms with van der Waals surface area (Å²) in [6.45, 7) is 8.57. The fourth-order valence-electron chi connectivity index (χ4n) is 3.59. The van der Waals surface area contributed by atoms with Crippen molar-refractivity contribution in [3.63, 3.8) is 0 Å². The zero-order chi connectivity index (χ0) is 21.6. The van der Waals surface area contributed by atoms with Gasteiger partial charge >= 0.3 is 0 Å². The molecule has 2 aliphatic rings. The molecule has 5 nitrogen and oxygen atoms in total. The van der Waals surface area contributed by atoms with E-state index in [9.17, 15) is 4.79 Å². The number of aryl methyl sites for hydroxylation is 1. The van der Waals surface area contributed by atoms with Crippen LogP contribution in [0.4, 0.5) is 5.69 Å². The van der Waals surface area contributed by atoms with E-state index in [-0.39, 0.29) is 5.91 Å². The molecule has 162 valence electrons. The van der Waals surface area contributed by atoms with Gasteiger partial charge in [0.1, 0.15) is 5.75 Å². The van der Waals surface area contributed by atoms with Crippen LogP contribution in [0.5, 0.6) is 5.75 Å². The Bertz CT molecular complexity index is 959. The van der Waals surface area contributed by atoms with Crippen molar-refractivity contribution < 1.29 is 9.53 Å². The molecule has 2 heterocycles. The molecule has 0 radical (unpaired) electrons. The van der Waals surface area contributed by atoms with Crippen molar-refractivity contribution in [1.82, 2.24) is 4.90 Å². The molecule has 2 aromatic rings. The highest BCUT2D eigenvalue weighted by Crippen LogP contribution is 2.31. The SMILES string of the molecule is CCCCOc1ccc(C=C2SC(N3CCN(c4ccc(C)cc4)CC3)=NC2=O)cc1. The maximum atomic E-state index is 12.5. The lowest BCUT2D eigenvalue weighted by atomic mass is 10.2. The van der Waals surface area contributed by atoms with Crippen molar-refractivity contribution in [2.24, 2.45) is 4.99 Å². The van der Waals surface area contributed by atoms with Crippen LogP contribution in [0, 0.1) is 6.92 Å². The molecular weight excluding hydrogens is 406 g/mol. The zero-order valence-electron chi connectivity index (χ0n) is 18.2. The largest absolute Gasteiger partial charge is 0.494 e. The highest BCUT2D eigenvalue weighted by Gasteiger charge is 2.28. The van der Waals surface area contributed by atoms with E-state index < -0.39 is 0 Å². The number of rotatable bonds is 6. The summed E-state index contributed by atoms with van der Waals surface area (Å²) in [4.78, 5) is 22.1. The maximum absolute atomic E-state index is 12.5. The molecular formula is C25H29N3O2S. The third-order valence-corrected chi connectivity index (χ3v) is 6.55. The number of amidine groups is 1. The summed E-state index contributed by atoms with van der Waals surface area (Å²) in [5.74, 6) is 0.716. The average Bonchev–Trinajstić information content (AvgIpc) is 3.16. The Kier molecular flexibility index (Phi) is 6.97. The van der Waals surface area contributed by atoms with E-state index in [1.807, 2.05) is 30.3 Å². The quantitative estimate of drug-likeness (QED) is 0.474. The number of amides is 1. The van der Waals surface area contributed by atoms with Crippen molar-refractivity contribution in [2.45, 2.75) is 26.7 Å². The summed E-state index contributed by atoms with van der Waals surface area (Å²) < 4.78 is 5.71. The van der Waals surface area contributed by atoms with Crippen LogP contribution in [-0.4, -0.2) is 48.8 Å². The van der Waals surface area contributed by atoms with Crippen LogP contribution < -0.4 is 9.64 Å². The molecule has 0 spiro atoms. The number of hydrogen-bond acceptors (Lipinski definition) is 5. The van der Waals surface area contributed by atoms with Gasteiger partial charge in [0.2, 0.25) is 0 Å². The van der Waals surface area contributed by atoms with Gasteiger partial charge in [-0.05, 0) is 61.0 Å². The molecule has 0 N–H and O–H groups in total. The molecule has 6 heteroatoms. The first kappa shape index (κ1) is 21.5. The second-order valence-electron chi connectivity index (χ2n) is 7.89. The van der Waals surface area contributed by atoms with Crippen LogP contribution >= 0.6 is 11.8 Å². The van der Waals surface area contributed by atoms with Gasteiger partial charge in [-0.1, -0.05) is 43.2 Å². The van der Waals surface area contributed by atoms with Crippen LogP contribution in [0.15, 0.2) is 58.4 Å². The van der Waals surface area contributed by atoms with Crippen LogP contribution in [0.1, 0.15) is 30.9 Å². The molecule has 0 unspecified atom stereocenters. The predicted octanol–water partition coefficient (Wildman–Crippen LogP) is 4.97. The van der Waals surface area contributed by atoms with Gasteiger partial charge < -0.3 is 14.5 Å². The van der Waals surface area contributed by atoms with Gasteiger partial charge in [-0.25, -0.2) is 0 Å². The molecule has 31 heavy (non-hydrogen) atoms. The molecule has 1 saturated heterocycles. The maximum Gasteiger partial charge on any atom is 0.286 e. The molecule has 1 fully saturated rings. The first-order valence-corrected chi connectivity index (χ1v) is 11.8. The Hall–Kier alpha value is -2.73. The lowest BCUT2D eigenvalue weighted by Gasteiger charge is -2.36. The fraction of sp³-hybridized carbons (Fsp3) is 0.360. The van der Waals surface area contributed by atoms with E-state index in [1.165, 1.54) is 23.0 Å². The standard InChI is InChI=1S/C25H29N3O2S/c1-3-4-17-30-22-11-7-20(8-12-22)18-23-24(29)26-25(31-23)28-15-13-27(14-16-28)21-9-5-19(2)6-10-21/h5-12,18H,3-4,13-17H2,1-2H3. The second kappa shape index (κ2) is 10.1. The topological polar surface area (TPSA) is 45.1 Å². The lowest BCUT2D eigenvalue weighted by Crippen LogP contribution is -2.47. The number of piperazine rings is 1. The Morgan fingerprint density at radius 1 is 1.00 bits per heavy atom. The minimum absolute atomic E-state index is 0.149. The Labute approximate surface area is 188 Å². The number of carbonyl (C=O) groups excluding carboxylic acids is 1. The second-order valence-corrected chi connectivity index (χ2v) is 8.90. The molecule has 0 bridgehead atoms. The Morgan fingerprint density at radius 2 is 1.68 bits per heavy atom. The minimum Gasteiger partial charge on any atom is -0.494 e. The summed E-state index contributed by atoms with van der Waals surface area (Å²) in [5, 5.41) is 0.819. The lowest BCUT2D eigenvalue weighted by molar-refractivity contribution is -0.113. The smallest absolute Gasteiger partial charge is 0.286 e. The van der Waals surface area contributed by atoms with E-state index >= 15 is 0 Å². The zero-order valence-corrected chi connectivity index (χ0v) is 19.0. The summed E-state index contributed by atoms with van der Waals surface area (Å²) >= 11 is 1.48. The number of hydrogen-bond donors (Lipinski definition) is 0. The molecule has 0 aromatic heterocycles. The predicted molar refractivity (Wildman–Crippen MR) is 130 cm³/mol. The number of ether oxygens (including phenoxy) is 1. The molecule has 2 aromatic carbocycles. The van der Waals surface area contributed by atoms with Gasteiger partial charge in [0, 0.05) is 31.9 Å². The van der Waals surface area contributed by atoms with Gasteiger partial charge in [-0.2, -0.15) is 4.99 Å². The summed E-state index contributed by atoms with van der Waals surface area (Å²) in [6, 6.07) is 16.5. The number of benzene rings is 2. The van der Waals surface area contributed by atoms with Crippen LogP contribution in [0.2, 0.25) is 0 Å². The minimum atomic E-state index is -0.149. The first-order chi connectivity index (χ1) is 15.1. The highest BCUT2D eigenvalue weighted by atomic mass is 32.2. The third kappa shape index (κ3) is 5.50. The third-order valence-electron chi connectivity index (χ3n) is 5.50. The number of carbonyl (C=O) groups is 1. The molecule has 4 rings (SSSR count). The van der Waals surface area contributed by atoms with E-state index in [1.54, 1.807) is 0 Å². The number of anilines is 1. The number of aliphatic imine (C=N–C) groups is 1. The van der Waals surface area contributed by atoms with Gasteiger partial charge in [0.15, 0.2) is 5.17 Å². The van der Waals surface area contributed by atoms with Crippen molar-refractivity contribution in [2.75, 3.05) is 37.7 Å². The van der Waals surface area contributed by atoms with E-state index in [0.717, 1.165) is 62.1 Å². The van der Waals surface area contributed by atoms with Crippen LogP contribution in [0.3, 0.4) is 0 Å². The number of nitrogens with zero attached hydrogens (tertiary/aromatic N) is 3. The number of thioether (sulfide) groups is 1. The van der Waals surface area contributed by atoms with Gasteiger partial charge in [0.05, 0.1) is 11.5 Å². The van der Waals surface area contributed by atoms with Crippen LogP contribution in [-0.2, 0) is 4.79 Å². The van der Waals surface area contributed by atoms with E-state index in [2.05, 4.69) is 52.9 Å². The highest BCUT2D eigenvalue weighted by molar-refractivity contribution is 8.18. The van der Waals surface area contributed by atoms with Gasteiger partial charge in [0.25, 0.3) is 5.91 Å².